The number of benzene rings is 1. The molecule has 0 aliphatic carbocycles. The monoisotopic (exact) mass is 437 g/mol. The quantitative estimate of drug-likeness (QED) is 0.310. The molecule has 0 radical (unpaired) electrons. The average Bonchev–Trinajstić information content (AvgIpc) is 2.65. The molecule has 0 spiro atoms. The van der Waals surface area contributed by atoms with Gasteiger partial charge in [0.05, 0.1) is 16.8 Å². The van der Waals surface area contributed by atoms with E-state index >= 15 is 0 Å². The Bertz CT molecular complexity index is 1130. The minimum Gasteiger partial charge on any atom is -0.508 e. The lowest BCUT2D eigenvalue weighted by atomic mass is 10.1. The molecular formula is C20H18F3N3O5. The molecule has 164 valence electrons. The van der Waals surface area contributed by atoms with Crippen LogP contribution in [-0.2, 0) is 15.7 Å². The third-order valence-electron chi connectivity index (χ3n) is 4.07. The van der Waals surface area contributed by atoms with Gasteiger partial charge in [0, 0.05) is 17.5 Å². The number of nitrogens with one attached hydrogen (secondary N) is 1. The SMILES string of the molecule is CC(=N)/C(C(C)=O)=C(/O)COC(=O)c1nn(-c2cccc(C(F)(F)F)c2)c(C)cc1=O. The normalized spacial score (nSPS) is 12.2. The molecule has 0 bridgehead atoms. The summed E-state index contributed by atoms with van der Waals surface area (Å²) in [6.45, 7) is 2.98. The van der Waals surface area contributed by atoms with Crippen LogP contribution in [0.1, 0.15) is 35.6 Å². The highest BCUT2D eigenvalue weighted by Crippen LogP contribution is 2.30. The number of carbonyl (C=O) groups is 2. The number of nitrogens with zero attached hydrogens (tertiary/aromatic N) is 2. The van der Waals surface area contributed by atoms with E-state index in [2.05, 4.69) is 5.10 Å². The number of hydrogen-bond donors (Lipinski definition) is 2. The first-order valence-electron chi connectivity index (χ1n) is 8.77. The molecule has 0 atom stereocenters. The number of allylic oxidation sites excluding steroid dienone is 1. The summed E-state index contributed by atoms with van der Waals surface area (Å²) in [6, 6.07) is 5.14. The van der Waals surface area contributed by atoms with Gasteiger partial charge in [-0.15, -0.1) is 0 Å². The van der Waals surface area contributed by atoms with E-state index in [4.69, 9.17) is 10.1 Å². The van der Waals surface area contributed by atoms with Crippen molar-refractivity contribution in [2.24, 2.45) is 0 Å². The Morgan fingerprint density at radius 3 is 2.42 bits per heavy atom. The highest BCUT2D eigenvalue weighted by Gasteiger charge is 2.30. The molecule has 1 heterocycles. The van der Waals surface area contributed by atoms with Gasteiger partial charge in [0.25, 0.3) is 0 Å². The fraction of sp³-hybridized carbons (Fsp3) is 0.250. The Kier molecular flexibility index (Phi) is 6.78. The van der Waals surface area contributed by atoms with Crippen LogP contribution < -0.4 is 5.43 Å². The standard InChI is InChI=1S/C20H18F3N3O5/c1-10-7-15(28)18(19(30)31-9-16(29)17(11(2)24)12(3)27)25-26(10)14-6-4-5-13(8-14)20(21,22)23/h4-8,24,29H,9H2,1-3H3/b17-16-,24-11?. The van der Waals surface area contributed by atoms with Gasteiger partial charge in [0.1, 0.15) is 12.4 Å². The zero-order valence-electron chi connectivity index (χ0n) is 16.7. The number of esters is 1. The van der Waals surface area contributed by atoms with Crippen LogP contribution in [0.25, 0.3) is 5.69 Å². The number of Topliss-reactive ketones (excluding diaryl/α,β-unsaturated/α-hetero) is 1. The maximum atomic E-state index is 13.0. The summed E-state index contributed by atoms with van der Waals surface area (Å²) in [4.78, 5) is 36.0. The minimum absolute atomic E-state index is 0.0394. The topological polar surface area (TPSA) is 122 Å². The molecule has 1 aromatic heterocycles. The van der Waals surface area contributed by atoms with Crippen molar-refractivity contribution in [1.82, 2.24) is 9.78 Å². The Labute approximate surface area is 174 Å². The van der Waals surface area contributed by atoms with Crippen LogP contribution in [-0.4, -0.2) is 39.0 Å². The summed E-state index contributed by atoms with van der Waals surface area (Å²) >= 11 is 0. The largest absolute Gasteiger partial charge is 0.508 e. The van der Waals surface area contributed by atoms with Gasteiger partial charge >= 0.3 is 12.1 Å². The number of aliphatic hydroxyl groups is 1. The number of carbonyl (C=O) groups excluding carboxylic acids is 2. The maximum absolute atomic E-state index is 13.0. The number of halogens is 3. The van der Waals surface area contributed by atoms with Crippen LogP contribution in [0.2, 0.25) is 0 Å². The Balaban J connectivity index is 2.41. The first-order valence-corrected chi connectivity index (χ1v) is 8.77. The van der Waals surface area contributed by atoms with Crippen molar-refractivity contribution in [2.75, 3.05) is 6.61 Å². The number of hydrogen-bond acceptors (Lipinski definition) is 7. The predicted molar refractivity (Wildman–Crippen MR) is 104 cm³/mol. The van der Waals surface area contributed by atoms with Crippen molar-refractivity contribution in [3.8, 4) is 5.69 Å². The van der Waals surface area contributed by atoms with Gasteiger partial charge in [-0.3, -0.25) is 9.59 Å². The molecule has 8 nitrogen and oxygen atoms in total. The number of rotatable bonds is 6. The second kappa shape index (κ2) is 8.94. The summed E-state index contributed by atoms with van der Waals surface area (Å²) in [5.41, 5.74) is -2.98. The maximum Gasteiger partial charge on any atom is 0.416 e. The van der Waals surface area contributed by atoms with E-state index in [0.717, 1.165) is 35.9 Å². The van der Waals surface area contributed by atoms with E-state index < -0.39 is 47.0 Å². The summed E-state index contributed by atoms with van der Waals surface area (Å²) < 4.78 is 44.8. The molecule has 0 amide bonds. The number of aromatic nitrogens is 2. The molecule has 0 saturated carbocycles. The van der Waals surface area contributed by atoms with Crippen molar-refractivity contribution in [2.45, 2.75) is 26.9 Å². The van der Waals surface area contributed by atoms with Crippen molar-refractivity contribution >= 4 is 17.5 Å². The molecule has 2 N–H and O–H groups in total. The smallest absolute Gasteiger partial charge is 0.416 e. The van der Waals surface area contributed by atoms with Crippen LogP contribution in [0.3, 0.4) is 0 Å². The Hall–Kier alpha value is -3.76. The lowest BCUT2D eigenvalue weighted by Crippen LogP contribution is -2.25. The van der Waals surface area contributed by atoms with Crippen LogP contribution in [0.4, 0.5) is 13.2 Å². The summed E-state index contributed by atoms with van der Waals surface area (Å²) in [7, 11) is 0. The van der Waals surface area contributed by atoms with Crippen molar-refractivity contribution in [3.63, 3.8) is 0 Å². The van der Waals surface area contributed by atoms with Crippen molar-refractivity contribution in [1.29, 1.82) is 5.41 Å². The van der Waals surface area contributed by atoms with E-state index in [1.165, 1.54) is 19.9 Å². The highest BCUT2D eigenvalue weighted by atomic mass is 19.4. The van der Waals surface area contributed by atoms with E-state index in [-0.39, 0.29) is 22.7 Å². The molecule has 1 aromatic carbocycles. The predicted octanol–water partition coefficient (Wildman–Crippen LogP) is 3.16. The molecule has 11 heteroatoms. The molecule has 2 aromatic rings. The number of aliphatic hydroxyl groups excluding tert-OH is 1. The summed E-state index contributed by atoms with van der Waals surface area (Å²) in [6.07, 6.45) is -4.60. The van der Waals surface area contributed by atoms with Gasteiger partial charge in [0.2, 0.25) is 11.1 Å². The molecular weight excluding hydrogens is 419 g/mol. The molecule has 0 saturated heterocycles. The third-order valence-corrected chi connectivity index (χ3v) is 4.07. The van der Waals surface area contributed by atoms with E-state index in [1.54, 1.807) is 0 Å². The fourth-order valence-electron chi connectivity index (χ4n) is 2.72. The number of aryl methyl sites for hydroxylation is 1. The molecule has 0 aliphatic rings. The molecule has 0 aliphatic heterocycles. The third kappa shape index (κ3) is 5.44. The fourth-order valence-corrected chi connectivity index (χ4v) is 2.72. The Morgan fingerprint density at radius 1 is 1.23 bits per heavy atom. The average molecular weight is 437 g/mol. The van der Waals surface area contributed by atoms with Crippen LogP contribution in [0, 0.1) is 12.3 Å². The Morgan fingerprint density at radius 2 is 1.87 bits per heavy atom. The van der Waals surface area contributed by atoms with E-state index in [1.807, 2.05) is 0 Å². The van der Waals surface area contributed by atoms with Crippen LogP contribution in [0.5, 0.6) is 0 Å². The van der Waals surface area contributed by atoms with Gasteiger partial charge in [-0.1, -0.05) is 6.07 Å². The first-order chi connectivity index (χ1) is 14.3. The van der Waals surface area contributed by atoms with Crippen molar-refractivity contribution in [3.05, 3.63) is 68.8 Å². The van der Waals surface area contributed by atoms with Gasteiger partial charge in [0.15, 0.2) is 5.78 Å². The minimum atomic E-state index is -4.60. The van der Waals surface area contributed by atoms with Gasteiger partial charge in [-0.2, -0.15) is 18.3 Å². The number of ketones is 1. The molecule has 0 unspecified atom stereocenters. The first kappa shape index (κ1) is 23.5. The number of ether oxygens (including phenoxy) is 1. The lowest BCUT2D eigenvalue weighted by Gasteiger charge is -2.13. The number of alkyl halides is 3. The highest BCUT2D eigenvalue weighted by molar-refractivity contribution is 6.19. The zero-order valence-corrected chi connectivity index (χ0v) is 16.7. The van der Waals surface area contributed by atoms with Crippen molar-refractivity contribution < 1.29 is 32.6 Å². The van der Waals surface area contributed by atoms with Crippen LogP contribution >= 0.6 is 0 Å². The summed E-state index contributed by atoms with van der Waals surface area (Å²) in [5, 5.41) is 21.2. The van der Waals surface area contributed by atoms with Gasteiger partial charge < -0.3 is 15.3 Å². The lowest BCUT2D eigenvalue weighted by molar-refractivity contribution is -0.137. The summed E-state index contributed by atoms with van der Waals surface area (Å²) in [5.74, 6) is -2.57. The van der Waals surface area contributed by atoms with Gasteiger partial charge in [-0.25, -0.2) is 9.48 Å². The van der Waals surface area contributed by atoms with Crippen LogP contribution in [0.15, 0.2) is 46.5 Å². The second-order valence-electron chi connectivity index (χ2n) is 6.54. The van der Waals surface area contributed by atoms with E-state index in [9.17, 15) is 32.7 Å². The molecule has 0 fully saturated rings. The second-order valence-corrected chi connectivity index (χ2v) is 6.54. The van der Waals surface area contributed by atoms with Gasteiger partial charge in [-0.05, 0) is 39.0 Å². The van der Waals surface area contributed by atoms with E-state index in [0.29, 0.717) is 0 Å². The molecule has 2 rings (SSSR count). The zero-order chi connectivity index (χ0) is 23.5. The molecule has 31 heavy (non-hydrogen) atoms.